The van der Waals surface area contributed by atoms with Gasteiger partial charge in [0.2, 0.25) is 0 Å². The van der Waals surface area contributed by atoms with Crippen LogP contribution in [-0.4, -0.2) is 10.1 Å². The second kappa shape index (κ2) is 5.70. The van der Waals surface area contributed by atoms with E-state index in [2.05, 4.69) is 17.1 Å². The number of fused-ring (bicyclic) bond motifs is 1. The molecule has 1 aromatic carbocycles. The molecule has 2 nitrogen and oxygen atoms in total. The van der Waals surface area contributed by atoms with Gasteiger partial charge in [-0.05, 0) is 23.8 Å². The van der Waals surface area contributed by atoms with Crippen LogP contribution >= 0.6 is 0 Å². The van der Waals surface area contributed by atoms with E-state index in [4.69, 9.17) is 0 Å². The Morgan fingerprint density at radius 2 is 1.89 bits per heavy atom. The van der Waals surface area contributed by atoms with Crippen molar-refractivity contribution in [3.05, 3.63) is 42.2 Å². The largest absolute Gasteiger partial charge is 0.387 e. The van der Waals surface area contributed by atoms with Gasteiger partial charge in [0.15, 0.2) is 0 Å². The molecule has 0 spiro atoms. The summed E-state index contributed by atoms with van der Waals surface area (Å²) in [7, 11) is 0. The normalized spacial score (nSPS) is 18.6. The van der Waals surface area contributed by atoms with Crippen molar-refractivity contribution in [2.24, 2.45) is 5.92 Å². The smallest absolute Gasteiger partial charge is 0.0968 e. The molecule has 1 atom stereocenters. The summed E-state index contributed by atoms with van der Waals surface area (Å²) in [4.78, 5) is 4.42. The Kier molecular flexibility index (Phi) is 3.79. The summed E-state index contributed by atoms with van der Waals surface area (Å²) < 4.78 is 0. The van der Waals surface area contributed by atoms with Crippen molar-refractivity contribution in [3.8, 4) is 0 Å². The molecule has 1 N–H and O–H groups in total. The maximum Gasteiger partial charge on any atom is 0.0968 e. The maximum atomic E-state index is 10.5. The minimum absolute atomic E-state index is 0.422. The first-order chi connectivity index (χ1) is 9.34. The first kappa shape index (κ1) is 12.6. The molecule has 1 aliphatic carbocycles. The number of pyridine rings is 1. The van der Waals surface area contributed by atoms with Gasteiger partial charge in [0, 0.05) is 11.6 Å². The van der Waals surface area contributed by atoms with Crippen LogP contribution in [0.2, 0.25) is 0 Å². The maximum absolute atomic E-state index is 10.5. The molecule has 19 heavy (non-hydrogen) atoms. The Labute approximate surface area is 114 Å². The second-order valence-corrected chi connectivity index (χ2v) is 5.67. The standard InChI is InChI=1S/C17H21NO/c19-16(12-13-6-2-1-3-7-13)17-15-9-5-4-8-14(15)10-11-18-17/h4-5,8-11,13,16,19H,1-3,6-7,12H2. The third-order valence-electron chi connectivity index (χ3n) is 4.30. The first-order valence-corrected chi connectivity index (χ1v) is 7.36. The molecule has 3 rings (SSSR count). The average Bonchev–Trinajstić information content (AvgIpc) is 2.47. The molecule has 0 amide bonds. The lowest BCUT2D eigenvalue weighted by atomic mass is 9.84. The van der Waals surface area contributed by atoms with E-state index in [0.717, 1.165) is 22.9 Å². The molecule has 0 bridgehead atoms. The lowest BCUT2D eigenvalue weighted by Gasteiger charge is -2.24. The van der Waals surface area contributed by atoms with Crippen LogP contribution in [0.15, 0.2) is 36.5 Å². The Morgan fingerprint density at radius 1 is 1.11 bits per heavy atom. The Balaban J connectivity index is 1.82. The van der Waals surface area contributed by atoms with Crippen molar-refractivity contribution in [1.29, 1.82) is 0 Å². The van der Waals surface area contributed by atoms with Gasteiger partial charge in [0.05, 0.1) is 11.8 Å². The summed E-state index contributed by atoms with van der Waals surface area (Å²) >= 11 is 0. The fraction of sp³-hybridized carbons (Fsp3) is 0.471. The molecular formula is C17H21NO. The van der Waals surface area contributed by atoms with Gasteiger partial charge < -0.3 is 5.11 Å². The molecule has 0 aliphatic heterocycles. The van der Waals surface area contributed by atoms with Crippen molar-refractivity contribution < 1.29 is 5.11 Å². The zero-order valence-electron chi connectivity index (χ0n) is 11.3. The second-order valence-electron chi connectivity index (χ2n) is 5.67. The number of benzene rings is 1. The van der Waals surface area contributed by atoms with Gasteiger partial charge in [-0.3, -0.25) is 4.98 Å². The summed E-state index contributed by atoms with van der Waals surface area (Å²) in [6.07, 6.45) is 8.78. The molecule has 2 heteroatoms. The Morgan fingerprint density at radius 3 is 2.74 bits per heavy atom. The van der Waals surface area contributed by atoms with E-state index in [1.165, 1.54) is 32.1 Å². The van der Waals surface area contributed by atoms with E-state index >= 15 is 0 Å². The van der Waals surface area contributed by atoms with Crippen molar-refractivity contribution in [1.82, 2.24) is 4.98 Å². The van der Waals surface area contributed by atoms with E-state index < -0.39 is 6.10 Å². The lowest BCUT2D eigenvalue weighted by Crippen LogP contribution is -2.12. The van der Waals surface area contributed by atoms with Crippen LogP contribution in [-0.2, 0) is 0 Å². The number of aliphatic hydroxyl groups is 1. The highest BCUT2D eigenvalue weighted by atomic mass is 16.3. The van der Waals surface area contributed by atoms with Crippen LogP contribution in [0.5, 0.6) is 0 Å². The number of aromatic nitrogens is 1. The molecule has 0 saturated heterocycles. The molecule has 1 unspecified atom stereocenters. The Bertz CT molecular complexity index is 540. The third-order valence-corrected chi connectivity index (χ3v) is 4.30. The molecule has 1 heterocycles. The van der Waals surface area contributed by atoms with E-state index in [-0.39, 0.29) is 0 Å². The molecule has 1 saturated carbocycles. The van der Waals surface area contributed by atoms with Crippen LogP contribution in [0.25, 0.3) is 10.8 Å². The van der Waals surface area contributed by atoms with Gasteiger partial charge in [-0.1, -0.05) is 56.4 Å². The Hall–Kier alpha value is -1.41. The summed E-state index contributed by atoms with van der Waals surface area (Å²) in [5.41, 5.74) is 0.851. The summed E-state index contributed by atoms with van der Waals surface area (Å²) in [5, 5.41) is 12.8. The van der Waals surface area contributed by atoms with E-state index in [9.17, 15) is 5.11 Å². The lowest BCUT2D eigenvalue weighted by molar-refractivity contribution is 0.129. The summed E-state index contributed by atoms with van der Waals surface area (Å²) in [6, 6.07) is 10.2. The highest BCUT2D eigenvalue weighted by Gasteiger charge is 2.20. The van der Waals surface area contributed by atoms with E-state index in [1.807, 2.05) is 24.4 Å². The van der Waals surface area contributed by atoms with Crippen molar-refractivity contribution in [2.75, 3.05) is 0 Å². The van der Waals surface area contributed by atoms with E-state index in [1.54, 1.807) is 0 Å². The fourth-order valence-electron chi connectivity index (χ4n) is 3.26. The molecule has 2 aromatic rings. The molecule has 1 fully saturated rings. The van der Waals surface area contributed by atoms with Crippen molar-refractivity contribution >= 4 is 10.8 Å². The van der Waals surface area contributed by atoms with Gasteiger partial charge in [-0.25, -0.2) is 0 Å². The SMILES string of the molecule is OC(CC1CCCCC1)c1nccc2ccccc12. The molecule has 1 aromatic heterocycles. The van der Waals surface area contributed by atoms with Crippen LogP contribution in [0.3, 0.4) is 0 Å². The molecule has 100 valence electrons. The predicted molar refractivity (Wildman–Crippen MR) is 77.9 cm³/mol. The summed E-state index contributed by atoms with van der Waals surface area (Å²) in [6.45, 7) is 0. The monoisotopic (exact) mass is 255 g/mol. The highest BCUT2D eigenvalue weighted by Crippen LogP contribution is 2.33. The zero-order chi connectivity index (χ0) is 13.1. The molecular weight excluding hydrogens is 234 g/mol. The van der Waals surface area contributed by atoms with Gasteiger partial charge in [0.25, 0.3) is 0 Å². The van der Waals surface area contributed by atoms with Crippen LogP contribution in [0.4, 0.5) is 0 Å². The van der Waals surface area contributed by atoms with Crippen molar-refractivity contribution in [3.63, 3.8) is 0 Å². The van der Waals surface area contributed by atoms with Crippen LogP contribution < -0.4 is 0 Å². The number of hydrogen-bond donors (Lipinski definition) is 1. The molecule has 1 aliphatic rings. The van der Waals surface area contributed by atoms with E-state index in [0.29, 0.717) is 5.92 Å². The number of rotatable bonds is 3. The van der Waals surface area contributed by atoms with Gasteiger partial charge >= 0.3 is 0 Å². The molecule has 0 radical (unpaired) electrons. The van der Waals surface area contributed by atoms with Crippen LogP contribution in [0, 0.1) is 5.92 Å². The quantitative estimate of drug-likeness (QED) is 0.890. The summed E-state index contributed by atoms with van der Waals surface area (Å²) in [5.74, 6) is 0.671. The topological polar surface area (TPSA) is 33.1 Å². The number of nitrogens with zero attached hydrogens (tertiary/aromatic N) is 1. The van der Waals surface area contributed by atoms with Gasteiger partial charge in [0.1, 0.15) is 0 Å². The van der Waals surface area contributed by atoms with Crippen molar-refractivity contribution in [2.45, 2.75) is 44.6 Å². The number of hydrogen-bond acceptors (Lipinski definition) is 2. The fourth-order valence-corrected chi connectivity index (χ4v) is 3.26. The minimum atomic E-state index is -0.422. The minimum Gasteiger partial charge on any atom is -0.387 e. The van der Waals surface area contributed by atoms with Gasteiger partial charge in [-0.15, -0.1) is 0 Å². The third kappa shape index (κ3) is 2.79. The first-order valence-electron chi connectivity index (χ1n) is 7.36. The van der Waals surface area contributed by atoms with Crippen LogP contribution in [0.1, 0.15) is 50.3 Å². The average molecular weight is 255 g/mol. The number of aliphatic hydroxyl groups excluding tert-OH is 1. The van der Waals surface area contributed by atoms with Gasteiger partial charge in [-0.2, -0.15) is 0 Å². The predicted octanol–water partition coefficient (Wildman–Crippen LogP) is 4.24. The highest BCUT2D eigenvalue weighted by molar-refractivity contribution is 5.84. The zero-order valence-corrected chi connectivity index (χ0v) is 11.3.